The van der Waals surface area contributed by atoms with E-state index in [1.807, 2.05) is 0 Å². The van der Waals surface area contributed by atoms with Gasteiger partial charge in [0.25, 0.3) is 0 Å². The third kappa shape index (κ3) is 3.75. The van der Waals surface area contributed by atoms with Crippen LogP contribution in [0.3, 0.4) is 0 Å². The second-order valence-electron chi connectivity index (χ2n) is 4.51. The highest BCUT2D eigenvalue weighted by atomic mass is 79.9. The van der Waals surface area contributed by atoms with Crippen LogP contribution in [-0.2, 0) is 0 Å². The summed E-state index contributed by atoms with van der Waals surface area (Å²) in [6, 6.07) is 3.16. The van der Waals surface area contributed by atoms with Gasteiger partial charge in [0.05, 0.1) is 17.6 Å². The monoisotopic (exact) mass is 368 g/mol. The first kappa shape index (κ1) is 17.5. The molecule has 1 heterocycles. The number of hydrogen-bond acceptors (Lipinski definition) is 4. The molecule has 0 unspecified atom stereocenters. The van der Waals surface area contributed by atoms with Crippen LogP contribution in [0.25, 0.3) is 0 Å². The first-order valence-corrected chi connectivity index (χ1v) is 7.03. The van der Waals surface area contributed by atoms with E-state index >= 15 is 0 Å². The molecule has 1 aliphatic heterocycles. The maximum atomic E-state index is 13.4. The zero-order valence-electron chi connectivity index (χ0n) is 11.2. The van der Waals surface area contributed by atoms with Crippen molar-refractivity contribution in [2.45, 2.75) is 6.04 Å². The van der Waals surface area contributed by atoms with Gasteiger partial charge in [0.1, 0.15) is 6.67 Å². The molecule has 1 saturated heterocycles. The van der Waals surface area contributed by atoms with Crippen molar-refractivity contribution in [3.63, 3.8) is 0 Å². The molecule has 0 aliphatic carbocycles. The highest BCUT2D eigenvalue weighted by Crippen LogP contribution is 2.38. The Morgan fingerprint density at radius 1 is 1.45 bits per heavy atom. The Morgan fingerprint density at radius 3 is 2.65 bits per heavy atom. The Hall–Kier alpha value is -0.560. The fourth-order valence-electron chi connectivity index (χ4n) is 2.33. The zero-order valence-corrected chi connectivity index (χ0v) is 13.6. The molecule has 0 amide bonds. The summed E-state index contributed by atoms with van der Waals surface area (Å²) < 4.78 is 19.1. The molecule has 2 rings (SSSR count). The Labute approximate surface area is 132 Å². The Balaban J connectivity index is 0.00000200. The number of piperazine rings is 1. The number of halogens is 3. The van der Waals surface area contributed by atoms with E-state index in [1.165, 1.54) is 7.11 Å². The zero-order chi connectivity index (χ0) is 13.8. The average molecular weight is 370 g/mol. The maximum Gasteiger partial charge on any atom is 0.172 e. The van der Waals surface area contributed by atoms with Crippen molar-refractivity contribution in [1.82, 2.24) is 10.2 Å². The van der Waals surface area contributed by atoms with Crippen LogP contribution in [0.1, 0.15) is 11.6 Å². The minimum Gasteiger partial charge on any atom is -0.503 e. The predicted molar refractivity (Wildman–Crippen MR) is 82.8 cm³/mol. The number of benzene rings is 1. The average Bonchev–Trinajstić information content (AvgIpc) is 2.44. The lowest BCUT2D eigenvalue weighted by Crippen LogP contribution is -2.45. The molecule has 7 heteroatoms. The third-order valence-electron chi connectivity index (χ3n) is 3.39. The van der Waals surface area contributed by atoms with Crippen LogP contribution in [0.5, 0.6) is 11.5 Å². The van der Waals surface area contributed by atoms with Crippen molar-refractivity contribution >= 4 is 28.3 Å². The van der Waals surface area contributed by atoms with Gasteiger partial charge in [0.15, 0.2) is 11.5 Å². The van der Waals surface area contributed by atoms with E-state index in [1.54, 1.807) is 12.1 Å². The molecule has 20 heavy (non-hydrogen) atoms. The largest absolute Gasteiger partial charge is 0.503 e. The molecule has 0 saturated carbocycles. The van der Waals surface area contributed by atoms with Gasteiger partial charge in [-0.15, -0.1) is 12.4 Å². The molecular formula is C13H19BrClFN2O2. The lowest BCUT2D eigenvalue weighted by Gasteiger charge is -2.33. The smallest absolute Gasteiger partial charge is 0.172 e. The van der Waals surface area contributed by atoms with Crippen molar-refractivity contribution in [3.8, 4) is 11.5 Å². The first-order valence-electron chi connectivity index (χ1n) is 6.24. The number of hydrogen-bond donors (Lipinski definition) is 2. The first-order chi connectivity index (χ1) is 9.17. The summed E-state index contributed by atoms with van der Waals surface area (Å²) in [6.45, 7) is 2.91. The summed E-state index contributed by atoms with van der Waals surface area (Å²) in [7, 11) is 1.49. The maximum absolute atomic E-state index is 13.4. The van der Waals surface area contributed by atoms with Crippen molar-refractivity contribution in [3.05, 3.63) is 22.2 Å². The molecule has 1 fully saturated rings. The second kappa shape index (κ2) is 8.02. The van der Waals surface area contributed by atoms with Gasteiger partial charge in [-0.1, -0.05) is 0 Å². The number of nitrogens with one attached hydrogen (secondary N) is 1. The molecule has 1 atom stereocenters. The number of ether oxygens (including phenoxy) is 1. The number of phenols is 1. The number of aromatic hydroxyl groups is 1. The van der Waals surface area contributed by atoms with Crippen LogP contribution in [0.4, 0.5) is 4.39 Å². The summed E-state index contributed by atoms with van der Waals surface area (Å²) in [4.78, 5) is 2.11. The fraction of sp³-hybridized carbons (Fsp3) is 0.538. The standard InChI is InChI=1S/C13H18BrFN2O2.ClH/c1-19-12-7-9(6-10(14)13(12)18)11(8-15)17-4-2-16-3-5-17;/h6-7,11,16,18H,2-5,8H2,1H3;1H/t11-;/m0./s1. The molecular weight excluding hydrogens is 351 g/mol. The quantitative estimate of drug-likeness (QED) is 0.856. The lowest BCUT2D eigenvalue weighted by molar-refractivity contribution is 0.147. The van der Waals surface area contributed by atoms with Crippen LogP contribution >= 0.6 is 28.3 Å². The molecule has 114 valence electrons. The van der Waals surface area contributed by atoms with Gasteiger partial charge >= 0.3 is 0 Å². The third-order valence-corrected chi connectivity index (χ3v) is 4.00. The van der Waals surface area contributed by atoms with Gasteiger partial charge in [-0.3, -0.25) is 4.90 Å². The summed E-state index contributed by atoms with van der Waals surface area (Å²) in [5.74, 6) is 0.405. The van der Waals surface area contributed by atoms with E-state index in [0.29, 0.717) is 10.2 Å². The van der Waals surface area contributed by atoms with E-state index in [-0.39, 0.29) is 24.2 Å². The predicted octanol–water partition coefficient (Wildman–Crippen LogP) is 2.50. The molecule has 0 radical (unpaired) electrons. The van der Waals surface area contributed by atoms with Crippen LogP contribution in [-0.4, -0.2) is 50.0 Å². The van der Waals surface area contributed by atoms with Crippen molar-refractivity contribution in [2.24, 2.45) is 0 Å². The van der Waals surface area contributed by atoms with E-state index < -0.39 is 6.67 Å². The molecule has 4 nitrogen and oxygen atoms in total. The van der Waals surface area contributed by atoms with E-state index in [0.717, 1.165) is 31.7 Å². The van der Waals surface area contributed by atoms with Gasteiger partial charge < -0.3 is 15.2 Å². The van der Waals surface area contributed by atoms with Crippen molar-refractivity contribution in [2.75, 3.05) is 40.0 Å². The van der Waals surface area contributed by atoms with Gasteiger partial charge in [0.2, 0.25) is 0 Å². The van der Waals surface area contributed by atoms with Gasteiger partial charge in [-0.05, 0) is 33.6 Å². The Morgan fingerprint density at radius 2 is 2.10 bits per heavy atom. The minimum atomic E-state index is -0.458. The lowest BCUT2D eigenvalue weighted by atomic mass is 10.0. The number of methoxy groups -OCH3 is 1. The number of rotatable bonds is 4. The van der Waals surface area contributed by atoms with E-state index in [9.17, 15) is 9.50 Å². The number of phenolic OH excluding ortho intramolecular Hbond substituents is 1. The van der Waals surface area contributed by atoms with Crippen molar-refractivity contribution < 1.29 is 14.2 Å². The summed E-state index contributed by atoms with van der Waals surface area (Å²) in [5.41, 5.74) is 0.811. The SMILES string of the molecule is COc1cc([C@H](CF)N2CCNCC2)cc(Br)c1O.Cl. The van der Waals surface area contributed by atoms with Crippen LogP contribution in [0.15, 0.2) is 16.6 Å². The minimum absolute atomic E-state index is 0. The van der Waals surface area contributed by atoms with Gasteiger partial charge in [-0.2, -0.15) is 0 Å². The molecule has 1 aromatic rings. The molecule has 0 spiro atoms. The van der Waals surface area contributed by atoms with Crippen LogP contribution in [0.2, 0.25) is 0 Å². The Bertz CT molecular complexity index is 445. The summed E-state index contributed by atoms with van der Waals surface area (Å²) in [5, 5.41) is 13.0. The molecule has 0 bridgehead atoms. The molecule has 2 N–H and O–H groups in total. The highest BCUT2D eigenvalue weighted by molar-refractivity contribution is 9.10. The molecule has 1 aliphatic rings. The van der Waals surface area contributed by atoms with E-state index in [2.05, 4.69) is 26.1 Å². The Kier molecular flexibility index (Phi) is 7.02. The highest BCUT2D eigenvalue weighted by Gasteiger charge is 2.24. The van der Waals surface area contributed by atoms with Crippen LogP contribution in [0, 0.1) is 0 Å². The summed E-state index contributed by atoms with van der Waals surface area (Å²) >= 11 is 3.28. The normalized spacial score (nSPS) is 17.4. The number of nitrogens with zero attached hydrogens (tertiary/aromatic N) is 1. The van der Waals surface area contributed by atoms with Gasteiger partial charge in [0, 0.05) is 26.2 Å². The van der Waals surface area contributed by atoms with Gasteiger partial charge in [-0.25, -0.2) is 4.39 Å². The van der Waals surface area contributed by atoms with Crippen LogP contribution < -0.4 is 10.1 Å². The fourth-order valence-corrected chi connectivity index (χ4v) is 2.79. The molecule has 1 aromatic carbocycles. The van der Waals surface area contributed by atoms with Crippen molar-refractivity contribution in [1.29, 1.82) is 0 Å². The number of alkyl halides is 1. The van der Waals surface area contributed by atoms with E-state index in [4.69, 9.17) is 4.74 Å². The topological polar surface area (TPSA) is 44.7 Å². The summed E-state index contributed by atoms with van der Waals surface area (Å²) in [6.07, 6.45) is 0. The second-order valence-corrected chi connectivity index (χ2v) is 5.36. The molecule has 0 aromatic heterocycles.